The molecular weight excluding hydrogens is 282 g/mol. The fourth-order valence-corrected chi connectivity index (χ4v) is 3.00. The lowest BCUT2D eigenvalue weighted by Gasteiger charge is -2.30. The van der Waals surface area contributed by atoms with Crippen LogP contribution < -0.4 is 0 Å². The van der Waals surface area contributed by atoms with E-state index >= 15 is 0 Å². The number of carbonyl (C=O) groups is 1. The van der Waals surface area contributed by atoms with Gasteiger partial charge in [-0.1, -0.05) is 41.9 Å². The molecule has 5 heteroatoms. The Balaban J connectivity index is 1.56. The molecule has 1 aliphatic heterocycles. The van der Waals surface area contributed by atoms with Crippen LogP contribution in [0.4, 0.5) is 0 Å². The van der Waals surface area contributed by atoms with Gasteiger partial charge in [-0.15, -0.1) is 0 Å². The van der Waals surface area contributed by atoms with E-state index in [0.717, 1.165) is 37.0 Å². The fourth-order valence-electron chi connectivity index (χ4n) is 3.00. The van der Waals surface area contributed by atoms with Gasteiger partial charge in [0.15, 0.2) is 0 Å². The van der Waals surface area contributed by atoms with E-state index in [0.29, 0.717) is 6.42 Å². The van der Waals surface area contributed by atoms with E-state index in [4.69, 9.17) is 14.3 Å². The van der Waals surface area contributed by atoms with Crippen molar-refractivity contribution in [1.29, 1.82) is 0 Å². The monoisotopic (exact) mass is 303 g/mol. The number of esters is 1. The molecule has 1 fully saturated rings. The Morgan fingerprint density at radius 3 is 2.64 bits per heavy atom. The molecule has 118 valence electrons. The summed E-state index contributed by atoms with van der Waals surface area (Å²) in [6, 6.07) is 9.74. The van der Waals surface area contributed by atoms with Gasteiger partial charge < -0.3 is 14.3 Å². The van der Waals surface area contributed by atoms with Crippen LogP contribution in [-0.4, -0.2) is 37.1 Å². The lowest BCUT2D eigenvalue weighted by molar-refractivity contribution is -0.170. The van der Waals surface area contributed by atoms with Crippen molar-refractivity contribution in [3.8, 4) is 0 Å². The number of benzene rings is 1. The van der Waals surface area contributed by atoms with Gasteiger partial charge in [-0.25, -0.2) is 4.79 Å². The van der Waals surface area contributed by atoms with E-state index in [1.165, 1.54) is 0 Å². The smallest absolute Gasteiger partial charge is 0.350 e. The van der Waals surface area contributed by atoms with Crippen molar-refractivity contribution >= 4 is 11.7 Å². The summed E-state index contributed by atoms with van der Waals surface area (Å²) in [6.07, 6.45) is 3.60. The normalized spacial score (nSPS) is 27.9. The quantitative estimate of drug-likeness (QED) is 0.802. The summed E-state index contributed by atoms with van der Waals surface area (Å²) in [5.74, 6) is -0.344. The molecule has 3 atom stereocenters. The maximum atomic E-state index is 12.3. The fraction of sp³-hybridized carbons (Fsp3) is 0.529. The molecule has 2 aliphatic rings. The van der Waals surface area contributed by atoms with Gasteiger partial charge >= 0.3 is 5.97 Å². The Labute approximate surface area is 130 Å². The molecular formula is C17H21NO4. The molecule has 1 saturated carbocycles. The number of methoxy groups -OCH3 is 1. The zero-order valence-corrected chi connectivity index (χ0v) is 12.7. The van der Waals surface area contributed by atoms with Crippen LogP contribution in [-0.2, 0) is 19.1 Å². The van der Waals surface area contributed by atoms with Crippen LogP contribution in [0.25, 0.3) is 0 Å². The first-order chi connectivity index (χ1) is 10.8. The Kier molecular flexibility index (Phi) is 4.73. The SMILES string of the molecule is COC1CCCCC1OC(=O)C1CC(c2ccccc2)=NO1. The third-order valence-electron chi connectivity index (χ3n) is 4.25. The van der Waals surface area contributed by atoms with Gasteiger partial charge in [0.05, 0.1) is 11.8 Å². The number of hydrogen-bond acceptors (Lipinski definition) is 5. The Morgan fingerprint density at radius 1 is 1.18 bits per heavy atom. The second-order valence-corrected chi connectivity index (χ2v) is 5.74. The van der Waals surface area contributed by atoms with Crippen LogP contribution >= 0.6 is 0 Å². The van der Waals surface area contributed by atoms with E-state index < -0.39 is 6.10 Å². The number of nitrogens with zero attached hydrogens (tertiary/aromatic N) is 1. The predicted molar refractivity (Wildman–Crippen MR) is 81.6 cm³/mol. The Bertz CT molecular complexity index is 543. The first kappa shape index (κ1) is 15.0. The van der Waals surface area contributed by atoms with Gasteiger partial charge in [0.2, 0.25) is 6.10 Å². The second-order valence-electron chi connectivity index (χ2n) is 5.74. The van der Waals surface area contributed by atoms with Crippen LogP contribution in [0, 0.1) is 0 Å². The third kappa shape index (κ3) is 3.30. The highest BCUT2D eigenvalue weighted by atomic mass is 16.7. The third-order valence-corrected chi connectivity index (χ3v) is 4.25. The van der Waals surface area contributed by atoms with Gasteiger partial charge in [-0.3, -0.25) is 0 Å². The second kappa shape index (κ2) is 6.92. The highest BCUT2D eigenvalue weighted by Gasteiger charge is 2.35. The van der Waals surface area contributed by atoms with E-state index in [-0.39, 0.29) is 18.2 Å². The van der Waals surface area contributed by atoms with Crippen molar-refractivity contribution in [2.24, 2.45) is 5.16 Å². The molecule has 1 aromatic carbocycles. The summed E-state index contributed by atoms with van der Waals surface area (Å²) < 4.78 is 11.0. The summed E-state index contributed by atoms with van der Waals surface area (Å²) >= 11 is 0. The molecule has 0 radical (unpaired) electrons. The predicted octanol–water partition coefficient (Wildman–Crippen LogP) is 2.68. The highest BCUT2D eigenvalue weighted by molar-refractivity contribution is 6.03. The molecule has 0 amide bonds. The lowest BCUT2D eigenvalue weighted by Crippen LogP contribution is -2.38. The van der Waals surface area contributed by atoms with Crippen LogP contribution in [0.15, 0.2) is 35.5 Å². The van der Waals surface area contributed by atoms with E-state index in [2.05, 4.69) is 5.16 Å². The van der Waals surface area contributed by atoms with E-state index in [9.17, 15) is 4.79 Å². The summed E-state index contributed by atoms with van der Waals surface area (Å²) in [5, 5.41) is 4.03. The molecule has 1 aromatic rings. The molecule has 1 heterocycles. The zero-order chi connectivity index (χ0) is 15.4. The zero-order valence-electron chi connectivity index (χ0n) is 12.7. The van der Waals surface area contributed by atoms with Crippen molar-refractivity contribution in [2.75, 3.05) is 7.11 Å². The highest BCUT2D eigenvalue weighted by Crippen LogP contribution is 2.25. The molecule has 0 saturated heterocycles. The average Bonchev–Trinajstić information content (AvgIpc) is 3.06. The Morgan fingerprint density at radius 2 is 1.91 bits per heavy atom. The van der Waals surface area contributed by atoms with Crippen LogP contribution in [0.2, 0.25) is 0 Å². The lowest BCUT2D eigenvalue weighted by atomic mass is 9.94. The minimum atomic E-state index is -0.644. The molecule has 3 rings (SSSR count). The van der Waals surface area contributed by atoms with E-state index in [1.54, 1.807) is 7.11 Å². The summed E-state index contributed by atoms with van der Waals surface area (Å²) in [6.45, 7) is 0. The van der Waals surface area contributed by atoms with Gasteiger partial charge in [-0.2, -0.15) is 0 Å². The molecule has 0 bridgehead atoms. The van der Waals surface area contributed by atoms with Gasteiger partial charge in [0.1, 0.15) is 6.10 Å². The minimum Gasteiger partial charge on any atom is -0.457 e. The van der Waals surface area contributed by atoms with Gasteiger partial charge in [0.25, 0.3) is 0 Å². The van der Waals surface area contributed by atoms with Crippen molar-refractivity contribution in [1.82, 2.24) is 0 Å². The molecule has 22 heavy (non-hydrogen) atoms. The molecule has 0 spiro atoms. The van der Waals surface area contributed by atoms with Crippen molar-refractivity contribution in [3.05, 3.63) is 35.9 Å². The van der Waals surface area contributed by atoms with Crippen molar-refractivity contribution in [3.63, 3.8) is 0 Å². The van der Waals surface area contributed by atoms with Crippen LogP contribution in [0.3, 0.4) is 0 Å². The van der Waals surface area contributed by atoms with Crippen molar-refractivity contribution in [2.45, 2.75) is 50.4 Å². The number of carbonyl (C=O) groups excluding carboxylic acids is 1. The van der Waals surface area contributed by atoms with Crippen molar-refractivity contribution < 1.29 is 19.1 Å². The molecule has 0 N–H and O–H groups in total. The first-order valence-corrected chi connectivity index (χ1v) is 7.79. The molecule has 3 unspecified atom stereocenters. The summed E-state index contributed by atoms with van der Waals surface area (Å²) in [5.41, 5.74) is 1.76. The topological polar surface area (TPSA) is 57.1 Å². The van der Waals surface area contributed by atoms with E-state index in [1.807, 2.05) is 30.3 Å². The van der Waals surface area contributed by atoms with Gasteiger partial charge in [-0.05, 0) is 24.8 Å². The van der Waals surface area contributed by atoms with Crippen LogP contribution in [0.1, 0.15) is 37.7 Å². The van der Waals surface area contributed by atoms with Crippen LogP contribution in [0.5, 0.6) is 0 Å². The molecule has 5 nitrogen and oxygen atoms in total. The standard InChI is InChI=1S/C17H21NO4/c1-20-14-9-5-6-10-15(14)21-17(19)16-11-13(18-22-16)12-7-3-2-4-8-12/h2-4,7-8,14-16H,5-6,9-11H2,1H3. The Hall–Kier alpha value is -1.88. The largest absolute Gasteiger partial charge is 0.457 e. The molecule has 0 aromatic heterocycles. The maximum absolute atomic E-state index is 12.3. The summed E-state index contributed by atoms with van der Waals surface area (Å²) in [4.78, 5) is 17.5. The number of oxime groups is 1. The molecule has 1 aliphatic carbocycles. The maximum Gasteiger partial charge on any atom is 0.350 e. The van der Waals surface area contributed by atoms with Gasteiger partial charge in [0, 0.05) is 13.5 Å². The average molecular weight is 303 g/mol. The summed E-state index contributed by atoms with van der Waals surface area (Å²) in [7, 11) is 1.67. The minimum absolute atomic E-state index is 0.00591. The number of ether oxygens (including phenoxy) is 2. The first-order valence-electron chi connectivity index (χ1n) is 7.79. The number of rotatable bonds is 4. The number of hydrogen-bond donors (Lipinski definition) is 0.